The first kappa shape index (κ1) is 13.9. The summed E-state index contributed by atoms with van der Waals surface area (Å²) in [6, 6.07) is 2.00. The van der Waals surface area contributed by atoms with E-state index in [0.717, 1.165) is 12.2 Å². The van der Waals surface area contributed by atoms with Crippen molar-refractivity contribution in [1.29, 1.82) is 0 Å². The normalized spacial score (nSPS) is 17.8. The Morgan fingerprint density at radius 2 is 2.21 bits per heavy atom. The quantitative estimate of drug-likeness (QED) is 0.834. The number of rotatable bonds is 4. The van der Waals surface area contributed by atoms with E-state index in [1.54, 1.807) is 7.11 Å². The number of ketones is 1. The van der Waals surface area contributed by atoms with Crippen LogP contribution in [0.2, 0.25) is 0 Å². The Balaban J connectivity index is 2.45. The Bertz CT molecular complexity index is 491. The largest absolute Gasteiger partial charge is 0.493 e. The van der Waals surface area contributed by atoms with Gasteiger partial charge < -0.3 is 9.47 Å². The van der Waals surface area contributed by atoms with Crippen LogP contribution in [0.3, 0.4) is 0 Å². The predicted octanol–water partition coefficient (Wildman–Crippen LogP) is 3.41. The summed E-state index contributed by atoms with van der Waals surface area (Å²) in [6.45, 7) is 6.01. The second-order valence-electron chi connectivity index (χ2n) is 5.40. The first-order valence-corrected chi connectivity index (χ1v) is 6.87. The molecule has 0 aliphatic heterocycles. The average Bonchev–Trinajstić information content (AvgIpc) is 2.36. The van der Waals surface area contributed by atoms with E-state index in [-0.39, 0.29) is 12.4 Å². The number of hydrogen-bond donors (Lipinski definition) is 0. The van der Waals surface area contributed by atoms with Crippen molar-refractivity contribution < 1.29 is 14.3 Å². The SMILES string of the molecule is COc1c(OCC(C)=O)cc(C)c2c1CCCC2C. The Hall–Kier alpha value is -1.51. The van der Waals surface area contributed by atoms with E-state index in [9.17, 15) is 4.79 Å². The van der Waals surface area contributed by atoms with E-state index in [2.05, 4.69) is 13.8 Å². The molecule has 104 valence electrons. The van der Waals surface area contributed by atoms with Crippen molar-refractivity contribution in [3.05, 3.63) is 22.8 Å². The zero-order valence-corrected chi connectivity index (χ0v) is 12.2. The molecule has 1 atom stereocenters. The van der Waals surface area contributed by atoms with Crippen molar-refractivity contribution in [2.24, 2.45) is 0 Å². The van der Waals surface area contributed by atoms with Crippen molar-refractivity contribution in [2.45, 2.75) is 46.0 Å². The minimum Gasteiger partial charge on any atom is -0.493 e. The third kappa shape index (κ3) is 2.75. The number of carbonyl (C=O) groups excluding carboxylic acids is 1. The highest BCUT2D eigenvalue weighted by Crippen LogP contribution is 2.43. The van der Waals surface area contributed by atoms with Crippen LogP contribution in [0.4, 0.5) is 0 Å². The Kier molecular flexibility index (Phi) is 4.13. The molecule has 19 heavy (non-hydrogen) atoms. The fourth-order valence-electron chi connectivity index (χ4n) is 3.02. The van der Waals surface area contributed by atoms with Crippen LogP contribution >= 0.6 is 0 Å². The smallest absolute Gasteiger partial charge is 0.167 e. The molecule has 1 unspecified atom stereocenters. The van der Waals surface area contributed by atoms with Crippen LogP contribution in [0.5, 0.6) is 11.5 Å². The summed E-state index contributed by atoms with van der Waals surface area (Å²) in [5.41, 5.74) is 3.90. The molecule has 1 aromatic rings. The van der Waals surface area contributed by atoms with Gasteiger partial charge in [-0.3, -0.25) is 4.79 Å². The highest BCUT2D eigenvalue weighted by atomic mass is 16.5. The number of ether oxygens (including phenoxy) is 2. The first-order valence-electron chi connectivity index (χ1n) is 6.87. The van der Waals surface area contributed by atoms with Crippen LogP contribution in [-0.2, 0) is 11.2 Å². The maximum atomic E-state index is 11.1. The van der Waals surface area contributed by atoms with E-state index in [0.29, 0.717) is 11.7 Å². The summed E-state index contributed by atoms with van der Waals surface area (Å²) in [5, 5.41) is 0. The fraction of sp³-hybridized carbons (Fsp3) is 0.562. The molecule has 0 bridgehead atoms. The lowest BCUT2D eigenvalue weighted by atomic mass is 9.81. The lowest BCUT2D eigenvalue weighted by Crippen LogP contribution is -2.13. The van der Waals surface area contributed by atoms with Crippen LogP contribution < -0.4 is 9.47 Å². The van der Waals surface area contributed by atoms with E-state index in [1.165, 1.54) is 36.5 Å². The van der Waals surface area contributed by atoms with E-state index >= 15 is 0 Å². The molecule has 1 aliphatic carbocycles. The van der Waals surface area contributed by atoms with Gasteiger partial charge in [-0.2, -0.15) is 0 Å². The topological polar surface area (TPSA) is 35.5 Å². The molecule has 0 saturated carbocycles. The van der Waals surface area contributed by atoms with Crippen LogP contribution in [0, 0.1) is 6.92 Å². The molecule has 0 amide bonds. The maximum absolute atomic E-state index is 11.1. The molecule has 3 heteroatoms. The van der Waals surface area contributed by atoms with Crippen molar-refractivity contribution in [2.75, 3.05) is 13.7 Å². The maximum Gasteiger partial charge on any atom is 0.167 e. The van der Waals surface area contributed by atoms with E-state index in [1.807, 2.05) is 6.07 Å². The number of methoxy groups -OCH3 is 1. The van der Waals surface area contributed by atoms with Gasteiger partial charge in [0.05, 0.1) is 7.11 Å². The zero-order chi connectivity index (χ0) is 14.0. The molecule has 0 saturated heterocycles. The third-order valence-electron chi connectivity index (χ3n) is 3.79. The Labute approximate surface area is 114 Å². The number of fused-ring (bicyclic) bond motifs is 1. The Morgan fingerprint density at radius 1 is 1.47 bits per heavy atom. The minimum atomic E-state index is 0.0193. The lowest BCUT2D eigenvalue weighted by Gasteiger charge is -2.27. The molecule has 0 aromatic heterocycles. The fourth-order valence-corrected chi connectivity index (χ4v) is 3.02. The summed E-state index contributed by atoms with van der Waals surface area (Å²) in [6.07, 6.45) is 3.44. The Morgan fingerprint density at radius 3 is 2.84 bits per heavy atom. The van der Waals surface area contributed by atoms with Gasteiger partial charge >= 0.3 is 0 Å². The molecule has 2 rings (SSSR count). The molecule has 1 aliphatic rings. The summed E-state index contributed by atoms with van der Waals surface area (Å²) >= 11 is 0. The molecule has 0 heterocycles. The second kappa shape index (κ2) is 5.64. The van der Waals surface area contributed by atoms with Gasteiger partial charge in [-0.25, -0.2) is 0 Å². The second-order valence-corrected chi connectivity index (χ2v) is 5.40. The van der Waals surface area contributed by atoms with Gasteiger partial charge in [-0.1, -0.05) is 6.92 Å². The molecule has 0 N–H and O–H groups in total. The van der Waals surface area contributed by atoms with E-state index < -0.39 is 0 Å². The van der Waals surface area contributed by atoms with Gasteiger partial charge in [0.25, 0.3) is 0 Å². The summed E-state index contributed by atoms with van der Waals surface area (Å²) in [4.78, 5) is 11.1. The molecular formula is C16H22O3. The molecule has 3 nitrogen and oxygen atoms in total. The summed E-state index contributed by atoms with van der Waals surface area (Å²) in [5.74, 6) is 2.10. The average molecular weight is 262 g/mol. The predicted molar refractivity (Wildman–Crippen MR) is 75.3 cm³/mol. The van der Waals surface area contributed by atoms with Gasteiger partial charge in [-0.15, -0.1) is 0 Å². The van der Waals surface area contributed by atoms with Gasteiger partial charge in [-0.05, 0) is 56.2 Å². The molecule has 0 radical (unpaired) electrons. The third-order valence-corrected chi connectivity index (χ3v) is 3.79. The standard InChI is InChI=1S/C16H22O3/c1-10-6-5-7-13-15(10)11(2)8-14(16(13)18-4)19-9-12(3)17/h8,10H,5-7,9H2,1-4H3. The number of Topliss-reactive ketones (excluding diaryl/α,β-unsaturated/α-hetero) is 1. The highest BCUT2D eigenvalue weighted by Gasteiger charge is 2.24. The molecular weight excluding hydrogens is 240 g/mol. The molecule has 1 aromatic carbocycles. The number of hydrogen-bond acceptors (Lipinski definition) is 3. The van der Waals surface area contributed by atoms with Crippen molar-refractivity contribution in [3.8, 4) is 11.5 Å². The van der Waals surface area contributed by atoms with Crippen molar-refractivity contribution in [3.63, 3.8) is 0 Å². The van der Waals surface area contributed by atoms with Crippen LogP contribution in [0.25, 0.3) is 0 Å². The van der Waals surface area contributed by atoms with Crippen molar-refractivity contribution in [1.82, 2.24) is 0 Å². The molecule has 0 spiro atoms. The van der Waals surface area contributed by atoms with Gasteiger partial charge in [0.2, 0.25) is 0 Å². The zero-order valence-electron chi connectivity index (χ0n) is 12.2. The number of carbonyl (C=O) groups is 1. The molecule has 0 fully saturated rings. The minimum absolute atomic E-state index is 0.0193. The van der Waals surface area contributed by atoms with Gasteiger partial charge in [0.15, 0.2) is 17.3 Å². The van der Waals surface area contributed by atoms with Gasteiger partial charge in [0, 0.05) is 5.56 Å². The van der Waals surface area contributed by atoms with Crippen LogP contribution in [-0.4, -0.2) is 19.5 Å². The number of benzene rings is 1. The van der Waals surface area contributed by atoms with E-state index in [4.69, 9.17) is 9.47 Å². The van der Waals surface area contributed by atoms with Crippen LogP contribution in [0.15, 0.2) is 6.07 Å². The summed E-state index contributed by atoms with van der Waals surface area (Å²) in [7, 11) is 1.67. The first-order chi connectivity index (χ1) is 9.04. The summed E-state index contributed by atoms with van der Waals surface area (Å²) < 4.78 is 11.1. The monoisotopic (exact) mass is 262 g/mol. The van der Waals surface area contributed by atoms with Crippen molar-refractivity contribution >= 4 is 5.78 Å². The lowest BCUT2D eigenvalue weighted by molar-refractivity contribution is -0.118. The number of aryl methyl sites for hydroxylation is 1. The highest BCUT2D eigenvalue weighted by molar-refractivity contribution is 5.77. The van der Waals surface area contributed by atoms with Crippen LogP contribution in [0.1, 0.15) is 49.3 Å². The van der Waals surface area contributed by atoms with Gasteiger partial charge in [0.1, 0.15) is 6.61 Å².